The molecule has 0 saturated heterocycles. The highest BCUT2D eigenvalue weighted by Crippen LogP contribution is 2.55. The predicted octanol–water partition coefficient (Wildman–Crippen LogP) is 6.37. The minimum atomic E-state index is -5.11. The fourth-order valence-corrected chi connectivity index (χ4v) is 3.77. The van der Waals surface area contributed by atoms with Gasteiger partial charge in [-0.2, -0.15) is 26.3 Å². The maximum atomic E-state index is 13.0. The Labute approximate surface area is 186 Å². The van der Waals surface area contributed by atoms with Crippen LogP contribution in [0.2, 0.25) is 0 Å². The van der Waals surface area contributed by atoms with E-state index in [-0.39, 0.29) is 12.1 Å². The number of phosphoric acid groups is 1. The number of phosphoric ester groups is 1. The van der Waals surface area contributed by atoms with E-state index in [9.17, 15) is 51.1 Å². The van der Waals surface area contributed by atoms with Crippen LogP contribution in [0.1, 0.15) is 22.3 Å². The van der Waals surface area contributed by atoms with E-state index in [0.29, 0.717) is 19.2 Å². The molecule has 10 nitrogen and oxygen atoms in total. The molecule has 34 heavy (non-hydrogen) atoms. The summed E-state index contributed by atoms with van der Waals surface area (Å²) in [4.78, 5) is 20.1. The van der Waals surface area contributed by atoms with Crippen LogP contribution in [-0.2, 0) is 21.4 Å². The third-order valence-corrected chi connectivity index (χ3v) is 5.45. The van der Waals surface area contributed by atoms with Gasteiger partial charge in [0, 0.05) is 19.2 Å². The van der Waals surface area contributed by atoms with Crippen molar-refractivity contribution in [3.05, 3.63) is 66.7 Å². The molecule has 17 heteroatoms. The lowest BCUT2D eigenvalue weighted by atomic mass is 10.1. The molecule has 0 saturated carbocycles. The number of hydrogen-bond donors (Lipinski definition) is 0. The van der Waals surface area contributed by atoms with Crippen molar-refractivity contribution in [3.63, 3.8) is 0 Å². The monoisotopic (exact) mass is 518 g/mol. The van der Waals surface area contributed by atoms with Crippen molar-refractivity contribution in [2.24, 2.45) is 0 Å². The largest absolute Gasteiger partial charge is 0.587 e. The van der Waals surface area contributed by atoms with E-state index in [1.54, 1.807) is 0 Å². The van der Waals surface area contributed by atoms with E-state index in [1.807, 2.05) is 0 Å². The number of nitrogens with zero attached hydrogens (tertiary/aromatic N) is 2. The van der Waals surface area contributed by atoms with Crippen molar-refractivity contribution < 1.29 is 54.3 Å². The third-order valence-electron chi connectivity index (χ3n) is 4.19. The molecular formula is C17H13F6N2O8P. The van der Waals surface area contributed by atoms with Gasteiger partial charge in [-0.3, -0.25) is 24.8 Å². The lowest BCUT2D eigenvalue weighted by Gasteiger charge is -2.20. The molecule has 0 atom stereocenters. The first-order valence-corrected chi connectivity index (χ1v) is 10.1. The summed E-state index contributed by atoms with van der Waals surface area (Å²) in [6.45, 7) is 1.90. The Morgan fingerprint density at radius 1 is 0.765 bits per heavy atom. The highest BCUT2D eigenvalue weighted by Gasteiger charge is 2.41. The first kappa shape index (κ1) is 26.9. The van der Waals surface area contributed by atoms with Crippen LogP contribution in [0.3, 0.4) is 0 Å². The number of halogens is 6. The quantitative estimate of drug-likeness (QED) is 0.179. The van der Waals surface area contributed by atoms with Gasteiger partial charge >= 0.3 is 31.6 Å². The topological polar surface area (TPSA) is 131 Å². The molecule has 0 N–H and O–H groups in total. The van der Waals surface area contributed by atoms with Crippen LogP contribution in [0.25, 0.3) is 0 Å². The second-order valence-electron chi connectivity index (χ2n) is 6.60. The minimum absolute atomic E-state index is 0.0914. The van der Waals surface area contributed by atoms with Gasteiger partial charge in [-0.25, -0.2) is 4.57 Å². The van der Waals surface area contributed by atoms with Crippen molar-refractivity contribution in [3.8, 4) is 11.5 Å². The molecule has 2 aromatic rings. The predicted molar refractivity (Wildman–Crippen MR) is 102 cm³/mol. The molecule has 2 rings (SSSR count). The molecule has 0 unspecified atom stereocenters. The summed E-state index contributed by atoms with van der Waals surface area (Å²) < 4.78 is 105. The number of alkyl halides is 6. The van der Waals surface area contributed by atoms with Crippen molar-refractivity contribution >= 4 is 19.2 Å². The lowest BCUT2D eigenvalue weighted by molar-refractivity contribution is -0.386. The number of nitro benzene ring substituents is 2. The van der Waals surface area contributed by atoms with E-state index in [0.717, 1.165) is 13.8 Å². The van der Waals surface area contributed by atoms with Crippen LogP contribution in [0.15, 0.2) is 24.3 Å². The van der Waals surface area contributed by atoms with Gasteiger partial charge in [-0.15, -0.1) is 0 Å². The zero-order chi connectivity index (χ0) is 26.2. The molecule has 0 aliphatic rings. The second-order valence-corrected chi connectivity index (χ2v) is 8.23. The number of hydrogen-bond acceptors (Lipinski definition) is 8. The number of benzene rings is 2. The number of nitro groups is 2. The van der Waals surface area contributed by atoms with Gasteiger partial charge in [0.05, 0.1) is 21.0 Å². The Bertz CT molecular complexity index is 1110. The summed E-state index contributed by atoms with van der Waals surface area (Å²) in [5, 5.41) is 22.6. The normalized spacial score (nSPS) is 12.4. The van der Waals surface area contributed by atoms with Crippen LogP contribution in [0, 0.1) is 34.1 Å². The van der Waals surface area contributed by atoms with Gasteiger partial charge in [0.15, 0.2) is 0 Å². The maximum absolute atomic E-state index is 13.0. The zero-order valence-electron chi connectivity index (χ0n) is 17.2. The number of rotatable bonds is 7. The molecule has 0 aromatic heterocycles. The number of aryl methyl sites for hydroxylation is 2. The fraction of sp³-hybridized carbons (Fsp3) is 0.294. The Morgan fingerprint density at radius 2 is 1.09 bits per heavy atom. The lowest BCUT2D eigenvalue weighted by Crippen LogP contribution is -2.11. The van der Waals surface area contributed by atoms with Crippen molar-refractivity contribution in [1.82, 2.24) is 0 Å². The van der Waals surface area contributed by atoms with E-state index in [1.165, 1.54) is 0 Å². The van der Waals surface area contributed by atoms with Gasteiger partial charge in [0.2, 0.25) is 11.5 Å². The standard InChI is InChI=1S/C17H13F6N2O8P/c1-8-4-10(16(18,19)20)6-12(24(26)27)14(8)32-34(30,31-3)33-15-9(2)5-11(17(21,22)23)7-13(15)25(28)29/h4-7H,1-3H3. The van der Waals surface area contributed by atoms with Gasteiger partial charge in [-0.1, -0.05) is 0 Å². The van der Waals surface area contributed by atoms with Crippen molar-refractivity contribution in [1.29, 1.82) is 0 Å². The van der Waals surface area contributed by atoms with Crippen molar-refractivity contribution in [2.75, 3.05) is 7.11 Å². The summed E-state index contributed by atoms with van der Waals surface area (Å²) in [6.07, 6.45) is -9.96. The Balaban J connectivity index is 2.62. The molecule has 0 spiro atoms. The van der Waals surface area contributed by atoms with E-state index >= 15 is 0 Å². The molecule has 0 bridgehead atoms. The Morgan fingerprint density at radius 3 is 1.32 bits per heavy atom. The molecule has 0 heterocycles. The summed E-state index contributed by atoms with van der Waals surface area (Å²) >= 11 is 0. The van der Waals surface area contributed by atoms with Gasteiger partial charge in [0.1, 0.15) is 0 Å². The molecular weight excluding hydrogens is 505 g/mol. The average molecular weight is 518 g/mol. The SMILES string of the molecule is COP(=O)(Oc1c(C)cc(C(F)(F)F)cc1[N+](=O)[O-])Oc1c(C)cc(C(F)(F)F)cc1[N+](=O)[O-]. The van der Waals surface area contributed by atoms with Gasteiger partial charge in [0.25, 0.3) is 0 Å². The highest BCUT2D eigenvalue weighted by molar-refractivity contribution is 7.49. The first-order valence-electron chi connectivity index (χ1n) is 8.67. The van der Waals surface area contributed by atoms with E-state index in [2.05, 4.69) is 4.52 Å². The van der Waals surface area contributed by atoms with Crippen LogP contribution >= 0.6 is 7.82 Å². The summed E-state index contributed by atoms with van der Waals surface area (Å²) in [5.74, 6) is -1.95. The Hall–Kier alpha value is -3.39. The smallest absolute Gasteiger partial charge is 0.387 e. The van der Waals surface area contributed by atoms with Crippen LogP contribution in [-0.4, -0.2) is 17.0 Å². The van der Waals surface area contributed by atoms with E-state index < -0.39 is 75.1 Å². The summed E-state index contributed by atoms with van der Waals surface area (Å²) in [6, 6.07) is 1.06. The van der Waals surface area contributed by atoms with Gasteiger partial charge < -0.3 is 9.05 Å². The molecule has 0 fully saturated rings. The molecule has 186 valence electrons. The minimum Gasteiger partial charge on any atom is -0.387 e. The first-order chi connectivity index (χ1) is 15.4. The van der Waals surface area contributed by atoms with E-state index in [4.69, 9.17) is 9.05 Å². The summed E-state index contributed by atoms with van der Waals surface area (Å²) in [5.41, 5.74) is -6.47. The van der Waals surface area contributed by atoms with Gasteiger partial charge in [-0.05, 0) is 37.1 Å². The average Bonchev–Trinajstić information content (AvgIpc) is 2.68. The molecule has 2 aromatic carbocycles. The molecule has 0 aliphatic heterocycles. The van der Waals surface area contributed by atoms with Crippen LogP contribution in [0.5, 0.6) is 11.5 Å². The zero-order valence-corrected chi connectivity index (χ0v) is 18.1. The third kappa shape index (κ3) is 5.75. The maximum Gasteiger partial charge on any atom is 0.587 e. The molecule has 0 amide bonds. The highest BCUT2D eigenvalue weighted by atomic mass is 31.2. The van der Waals surface area contributed by atoms with Crippen LogP contribution in [0.4, 0.5) is 37.7 Å². The summed E-state index contributed by atoms with van der Waals surface area (Å²) in [7, 11) is -4.44. The molecule has 0 aliphatic carbocycles. The second kappa shape index (κ2) is 9.10. The molecule has 0 radical (unpaired) electrons. The van der Waals surface area contributed by atoms with Crippen LogP contribution < -0.4 is 9.05 Å². The van der Waals surface area contributed by atoms with Crippen molar-refractivity contribution in [2.45, 2.75) is 26.2 Å². The Kier molecular flexibility index (Phi) is 7.19. The fourth-order valence-electron chi connectivity index (χ4n) is 2.66.